The summed E-state index contributed by atoms with van der Waals surface area (Å²) in [7, 11) is 3.95. The third kappa shape index (κ3) is 15.8. The molecule has 3 aliphatic heterocycles. The van der Waals surface area contributed by atoms with Crippen molar-refractivity contribution in [1.29, 1.82) is 0 Å². The van der Waals surface area contributed by atoms with Gasteiger partial charge in [-0.25, -0.2) is 29.9 Å². The van der Waals surface area contributed by atoms with E-state index in [4.69, 9.17) is 4.11 Å². The minimum atomic E-state index is -2.37. The van der Waals surface area contributed by atoms with Crippen LogP contribution in [0.5, 0.6) is 17.2 Å². The van der Waals surface area contributed by atoms with Crippen LogP contribution in [-0.2, 0) is 6.98 Å². The summed E-state index contributed by atoms with van der Waals surface area (Å²) >= 11 is 0. The highest BCUT2D eigenvalue weighted by molar-refractivity contribution is 5.71. The Morgan fingerprint density at radius 2 is 0.967 bits per heavy atom. The molecule has 3 aliphatic rings. The average Bonchev–Trinajstić information content (AvgIpc) is 0.961. The number of hydrogen-bond acceptors (Lipinski definition) is 25. The van der Waals surface area contributed by atoms with Crippen molar-refractivity contribution in [2.24, 2.45) is 6.98 Å². The maximum absolute atomic E-state index is 13.7. The lowest BCUT2D eigenvalue weighted by Crippen LogP contribution is -2.62. The fourth-order valence-corrected chi connectivity index (χ4v) is 13.2. The van der Waals surface area contributed by atoms with E-state index in [2.05, 4.69) is 200 Å². The van der Waals surface area contributed by atoms with Crippen LogP contribution in [0.1, 0.15) is 126 Å². The molecule has 0 saturated carbocycles. The van der Waals surface area contributed by atoms with Crippen LogP contribution in [0.4, 0.5) is 22.2 Å². The third-order valence-electron chi connectivity index (χ3n) is 16.0. The van der Waals surface area contributed by atoms with Gasteiger partial charge in [0.2, 0.25) is 23.8 Å². The first-order chi connectivity index (χ1) is 44.0. The number of piperidine rings is 3. The molecule has 12 rings (SSSR count). The molecule has 8 N–H and O–H groups in total. The van der Waals surface area contributed by atoms with Gasteiger partial charge in [0.15, 0.2) is 0 Å². The molecule has 0 bridgehead atoms. The number of rotatable bonds is 12. The molecule has 29 heteroatoms. The maximum Gasteiger partial charge on any atom is 0.245 e. The number of halogens is 1. The molecular weight excluding hydrogens is 1160 g/mol. The normalized spacial score (nSPS) is 18.9. The predicted octanol–water partition coefficient (Wildman–Crippen LogP) is 7.64. The van der Waals surface area contributed by atoms with Gasteiger partial charge in [0.1, 0.15) is 57.1 Å². The number of aromatic hydroxyl groups is 3. The highest BCUT2D eigenvalue weighted by atomic mass is 19.1. The molecule has 12 heterocycles. The fraction of sp³-hybridized carbons (Fsp3) is 0.484. The Balaban J connectivity index is 0.000000154. The van der Waals surface area contributed by atoms with Crippen molar-refractivity contribution in [3.63, 3.8) is 0 Å². The molecule has 0 atom stereocenters. The van der Waals surface area contributed by atoms with Gasteiger partial charge >= 0.3 is 0 Å². The summed E-state index contributed by atoms with van der Waals surface area (Å²) in [6, 6.07) is 5.17. The Bertz CT molecular complexity index is 4020. The van der Waals surface area contributed by atoms with E-state index in [1.165, 1.54) is 60.2 Å². The minimum absolute atomic E-state index is 0.0000373. The van der Waals surface area contributed by atoms with E-state index in [9.17, 15) is 19.7 Å². The van der Waals surface area contributed by atoms with Crippen LogP contribution in [-0.4, -0.2) is 176 Å². The lowest BCUT2D eigenvalue weighted by Gasteiger charge is -2.48. The molecule has 480 valence electrons. The summed E-state index contributed by atoms with van der Waals surface area (Å²) in [4.78, 5) is 31.6. The lowest BCUT2D eigenvalue weighted by molar-refractivity contribution is 0.160. The second-order valence-corrected chi connectivity index (χ2v) is 27.6. The zero-order chi connectivity index (χ0) is 67.9. The number of pyridine rings is 3. The van der Waals surface area contributed by atoms with Crippen LogP contribution in [0.15, 0.2) is 86.4 Å². The number of hydrogen-bond donors (Lipinski definition) is 8. The van der Waals surface area contributed by atoms with E-state index in [1.807, 2.05) is 14.1 Å². The van der Waals surface area contributed by atoms with Gasteiger partial charge in [-0.3, -0.25) is 9.78 Å². The molecule has 0 aliphatic carbocycles. The summed E-state index contributed by atoms with van der Waals surface area (Å²) < 4.78 is 36.9. The lowest BCUT2D eigenvalue weighted by atomic mass is 9.79. The van der Waals surface area contributed by atoms with Gasteiger partial charge < -0.3 is 46.4 Å². The average molecular weight is 1250 g/mol. The van der Waals surface area contributed by atoms with Crippen LogP contribution in [0.25, 0.3) is 62.1 Å². The Kier molecular flexibility index (Phi) is 16.7. The third-order valence-corrected chi connectivity index (χ3v) is 16.0. The SMILES string of the molecule is CC1(C)CC(Nc2ncc(-c3ncc(-n4nccn4)cc3O)nn2)CC(C)(C)N1.CN(c1ncc(-c2ncc(-c3cn[nH]c3F)cc2O)nn1)C1CC(C)(C)NC(C)(C)C1.[2H]C([2H])([2H])n1cc(-c2cnc(-c3cnc(N(C)C4CC(C)(C)NC(C)(C)C4)nn3)c(O)c2)cn1. The number of anilines is 3. The zero-order valence-corrected chi connectivity index (χ0v) is 53.7. The number of H-pyrrole nitrogens is 1. The molecule has 9 aromatic heterocycles. The standard InChI is InChI=1S/C22H30N8O.C21H27FN8O.C19H25N9O/c1-21(2)8-16(9-22(3,4)28-21)30(6)20-24-12-17(26-27-20)19-18(31)7-14(10-23-19)15-11-25-29(5)13-15;1-20(2)7-13(8-21(3,4)29-20)30(5)19-24-11-15(26-28-19)17-16(31)6-12(9-23-17)14-10-25-27-18(14)22;1-18(2)8-12(9-19(3,4)27-18)24-17-21-11-14(25-26-17)16-15(29)7-13(10-20-16)28-22-5-6-23-28/h7,10-13,16,28,31H,8-9H2,1-6H3;6,9-11,13,29,31H,7-8H2,1-5H3,(H,25,27);5-7,10-12,27,29H,8-9H2,1-4H3,(H,21,24,26)/i5D3;;. The van der Waals surface area contributed by atoms with Crippen molar-refractivity contribution in [3.8, 4) is 79.4 Å². The van der Waals surface area contributed by atoms with E-state index in [0.717, 1.165) is 43.2 Å². The van der Waals surface area contributed by atoms with E-state index in [1.54, 1.807) is 31.0 Å². The summed E-state index contributed by atoms with van der Waals surface area (Å²) in [5.41, 5.74) is 4.09. The molecular formula is C62H82FN25O3. The Labute approximate surface area is 532 Å². The Hall–Kier alpha value is -9.35. The fourth-order valence-electron chi connectivity index (χ4n) is 13.2. The van der Waals surface area contributed by atoms with Gasteiger partial charge in [0, 0.05) is 118 Å². The van der Waals surface area contributed by atoms with Crippen LogP contribution < -0.4 is 31.1 Å². The number of nitrogens with zero attached hydrogens (tertiary/aromatic N) is 20. The Morgan fingerprint density at radius 1 is 0.516 bits per heavy atom. The van der Waals surface area contributed by atoms with Crippen LogP contribution in [0, 0.1) is 5.95 Å². The molecule has 0 spiro atoms. The van der Waals surface area contributed by atoms with Gasteiger partial charge in [0.25, 0.3) is 0 Å². The van der Waals surface area contributed by atoms with E-state index in [0.29, 0.717) is 63.0 Å². The van der Waals surface area contributed by atoms with Crippen molar-refractivity contribution in [2.45, 2.75) is 173 Å². The molecule has 91 heavy (non-hydrogen) atoms. The predicted molar refractivity (Wildman–Crippen MR) is 342 cm³/mol. The van der Waals surface area contributed by atoms with Crippen molar-refractivity contribution < 1.29 is 23.8 Å². The number of aromatic nitrogens is 19. The van der Waals surface area contributed by atoms with E-state index in [-0.39, 0.29) is 85.6 Å². The van der Waals surface area contributed by atoms with E-state index >= 15 is 0 Å². The molecule has 0 aromatic carbocycles. The van der Waals surface area contributed by atoms with Crippen LogP contribution >= 0.6 is 0 Å². The van der Waals surface area contributed by atoms with Gasteiger partial charge in [-0.1, -0.05) is 0 Å². The Morgan fingerprint density at radius 3 is 1.38 bits per heavy atom. The van der Waals surface area contributed by atoms with Gasteiger partial charge in [-0.15, -0.1) is 35.4 Å². The minimum Gasteiger partial charge on any atom is -0.506 e. The molecule has 28 nitrogen and oxygen atoms in total. The van der Waals surface area contributed by atoms with Crippen LogP contribution in [0.2, 0.25) is 0 Å². The second kappa shape index (κ2) is 25.1. The van der Waals surface area contributed by atoms with Crippen LogP contribution in [0.3, 0.4) is 0 Å². The molecule has 0 amide bonds. The quantitative estimate of drug-likeness (QED) is 0.0582. The van der Waals surface area contributed by atoms with Gasteiger partial charge in [0.05, 0.1) is 55.1 Å². The monoisotopic (exact) mass is 1250 g/mol. The summed E-state index contributed by atoms with van der Waals surface area (Å²) in [6.45, 7) is 24.0. The first-order valence-corrected chi connectivity index (χ1v) is 29.9. The highest BCUT2D eigenvalue weighted by Crippen LogP contribution is 2.37. The summed E-state index contributed by atoms with van der Waals surface area (Å²) in [6.07, 6.45) is 22.1. The van der Waals surface area contributed by atoms with Crippen molar-refractivity contribution in [2.75, 3.05) is 29.2 Å². The van der Waals surface area contributed by atoms with Crippen molar-refractivity contribution in [1.82, 2.24) is 111 Å². The summed E-state index contributed by atoms with van der Waals surface area (Å²) in [5.74, 6) is 0.597. The molecule has 0 radical (unpaired) electrons. The molecule has 3 fully saturated rings. The number of nitrogens with one attached hydrogen (secondary N) is 5. The van der Waals surface area contributed by atoms with Gasteiger partial charge in [-0.05, 0) is 134 Å². The van der Waals surface area contributed by atoms with Gasteiger partial charge in [-0.2, -0.15) is 24.8 Å². The maximum atomic E-state index is 13.7. The summed E-state index contributed by atoms with van der Waals surface area (Å²) in [5, 5.41) is 88.9. The topological polar surface area (TPSA) is 347 Å². The van der Waals surface area contributed by atoms with Crippen molar-refractivity contribution in [3.05, 3.63) is 92.3 Å². The second-order valence-electron chi connectivity index (χ2n) is 27.6. The number of aryl methyl sites for hydroxylation is 1. The highest BCUT2D eigenvalue weighted by Gasteiger charge is 2.42. The largest absolute Gasteiger partial charge is 0.506 e. The van der Waals surface area contributed by atoms with E-state index < -0.39 is 12.9 Å². The smallest absolute Gasteiger partial charge is 0.245 e. The number of aromatic amines is 1. The zero-order valence-electron chi connectivity index (χ0n) is 56.7. The first kappa shape index (κ1) is 60.6. The molecule has 3 saturated heterocycles. The molecule has 9 aromatic rings. The van der Waals surface area contributed by atoms with Crippen molar-refractivity contribution >= 4 is 17.8 Å². The molecule has 0 unspecified atom stereocenters. The first-order valence-electron chi connectivity index (χ1n) is 31.4.